The fraction of sp³-hybridized carbons (Fsp3) is 0.571. The van der Waals surface area contributed by atoms with Crippen LogP contribution in [0.4, 0.5) is 0 Å². The predicted molar refractivity (Wildman–Crippen MR) is 58.7 cm³/mol. The summed E-state index contributed by atoms with van der Waals surface area (Å²) in [6, 6.07) is 0. The van der Waals surface area contributed by atoms with Crippen LogP contribution in [0.2, 0.25) is 0 Å². The number of hydrogen-bond acceptors (Lipinski definition) is 5. The third-order valence-corrected chi connectivity index (χ3v) is 6.08. The Labute approximate surface area is 102 Å². The summed E-state index contributed by atoms with van der Waals surface area (Å²) in [6.07, 6.45) is -1.01. The molecule has 0 aromatic carbocycles. The molecule has 0 unspecified atom stereocenters. The lowest BCUT2D eigenvalue weighted by atomic mass is 10.3. The summed E-state index contributed by atoms with van der Waals surface area (Å²) in [7, 11) is -10.9. The van der Waals surface area contributed by atoms with Crippen molar-refractivity contribution in [1.29, 1.82) is 0 Å². The topological polar surface area (TPSA) is 161 Å². The van der Waals surface area contributed by atoms with Crippen molar-refractivity contribution in [2.45, 2.75) is 25.4 Å². The van der Waals surface area contributed by atoms with Crippen LogP contribution in [0.1, 0.15) is 17.3 Å². The number of aryl methyl sites for hydroxylation is 2. The van der Waals surface area contributed by atoms with Crippen LogP contribution in [0.25, 0.3) is 0 Å². The summed E-state index contributed by atoms with van der Waals surface area (Å²) in [4.78, 5) is 39.5. The Balaban J connectivity index is 3.29. The first kappa shape index (κ1) is 15.5. The van der Waals surface area contributed by atoms with Crippen molar-refractivity contribution < 1.29 is 38.2 Å². The number of nitrogens with zero attached hydrogens (tertiary/aromatic N) is 1. The van der Waals surface area contributed by atoms with Gasteiger partial charge < -0.3 is 29.1 Å². The molecule has 104 valence electrons. The Morgan fingerprint density at radius 1 is 1.17 bits per heavy atom. The molecule has 1 heterocycles. The molecule has 0 saturated carbocycles. The van der Waals surface area contributed by atoms with Crippen LogP contribution in [0, 0.1) is 13.8 Å². The molecule has 0 bridgehead atoms. The summed E-state index contributed by atoms with van der Waals surface area (Å²) in [5, 5.41) is 6.16. The lowest BCUT2D eigenvalue weighted by molar-refractivity contribution is 0.130. The highest BCUT2D eigenvalue weighted by Crippen LogP contribution is 2.68. The Kier molecular flexibility index (Phi) is 3.92. The van der Waals surface area contributed by atoms with E-state index in [1.165, 1.54) is 13.8 Å². The molecule has 0 aliphatic heterocycles. The van der Waals surface area contributed by atoms with E-state index in [2.05, 4.69) is 4.98 Å². The van der Waals surface area contributed by atoms with Crippen LogP contribution >= 0.6 is 15.2 Å². The molecule has 5 N–H and O–H groups in total. The zero-order valence-corrected chi connectivity index (χ0v) is 11.3. The van der Waals surface area contributed by atoms with E-state index in [4.69, 9.17) is 24.0 Å². The summed E-state index contributed by atoms with van der Waals surface area (Å²) in [5.74, 6) is 0.272. The summed E-state index contributed by atoms with van der Waals surface area (Å²) >= 11 is 0. The predicted octanol–water partition coefficient (Wildman–Crippen LogP) is -0.165. The maximum atomic E-state index is 11.1. The normalized spacial score (nSPS) is 13.9. The highest BCUT2D eigenvalue weighted by Gasteiger charge is 2.59. The van der Waals surface area contributed by atoms with Gasteiger partial charge in [-0.2, -0.15) is 0 Å². The monoisotopic (exact) mass is 301 g/mol. The van der Waals surface area contributed by atoms with Crippen molar-refractivity contribution in [2.75, 3.05) is 0 Å². The van der Waals surface area contributed by atoms with E-state index in [1.807, 2.05) is 0 Å². The van der Waals surface area contributed by atoms with Gasteiger partial charge in [0.15, 0.2) is 5.89 Å². The fourth-order valence-corrected chi connectivity index (χ4v) is 3.41. The highest BCUT2D eigenvalue weighted by molar-refractivity contribution is 7.72. The van der Waals surface area contributed by atoms with Crippen LogP contribution in [0.15, 0.2) is 4.42 Å². The number of aromatic nitrogens is 1. The average molecular weight is 301 g/mol. The minimum absolute atomic E-state index is 0.118. The van der Waals surface area contributed by atoms with Crippen molar-refractivity contribution in [1.82, 2.24) is 4.98 Å². The average Bonchev–Trinajstić information content (AvgIpc) is 2.41. The molecule has 0 atom stereocenters. The fourth-order valence-electron chi connectivity index (χ4n) is 1.34. The molecule has 0 aliphatic carbocycles. The van der Waals surface area contributed by atoms with E-state index in [0.29, 0.717) is 0 Å². The van der Waals surface area contributed by atoms with Gasteiger partial charge in [0.25, 0.3) is 5.08 Å². The van der Waals surface area contributed by atoms with Gasteiger partial charge in [0.05, 0.1) is 5.69 Å². The lowest BCUT2D eigenvalue weighted by Crippen LogP contribution is -2.31. The van der Waals surface area contributed by atoms with E-state index in [0.717, 1.165) is 0 Å². The first-order valence-electron chi connectivity index (χ1n) is 4.65. The third-order valence-electron chi connectivity index (χ3n) is 2.34. The Morgan fingerprint density at radius 2 is 1.61 bits per heavy atom. The number of oxazole rings is 1. The number of rotatable bonds is 4. The summed E-state index contributed by atoms with van der Waals surface area (Å²) < 4.78 is 27.2. The molecular weight excluding hydrogens is 288 g/mol. The third kappa shape index (κ3) is 2.73. The largest absolute Gasteiger partial charge is 0.446 e. The maximum Gasteiger partial charge on any atom is 0.369 e. The van der Waals surface area contributed by atoms with Crippen LogP contribution in [0.5, 0.6) is 0 Å². The molecule has 0 amide bonds. The van der Waals surface area contributed by atoms with E-state index < -0.39 is 26.7 Å². The van der Waals surface area contributed by atoms with Crippen LogP contribution in [-0.2, 0) is 15.6 Å². The van der Waals surface area contributed by atoms with Gasteiger partial charge in [0, 0.05) is 13.3 Å². The quantitative estimate of drug-likeness (QED) is 0.475. The van der Waals surface area contributed by atoms with Crippen LogP contribution < -0.4 is 0 Å². The molecule has 1 aromatic rings. The first-order valence-corrected chi connectivity index (χ1v) is 7.87. The zero-order valence-electron chi connectivity index (χ0n) is 9.51. The molecule has 0 saturated heterocycles. The van der Waals surface area contributed by atoms with Gasteiger partial charge in [-0.25, -0.2) is 4.98 Å². The smallest absolute Gasteiger partial charge is 0.369 e. The molecule has 0 aliphatic rings. The van der Waals surface area contributed by atoms with Gasteiger partial charge in [-0.05, 0) is 6.92 Å². The van der Waals surface area contributed by atoms with Crippen molar-refractivity contribution in [3.63, 3.8) is 0 Å². The minimum atomic E-state index is -5.47. The molecule has 0 spiro atoms. The van der Waals surface area contributed by atoms with Gasteiger partial charge >= 0.3 is 15.2 Å². The van der Waals surface area contributed by atoms with E-state index in [9.17, 15) is 14.2 Å². The molecule has 1 aromatic heterocycles. The second-order valence-electron chi connectivity index (χ2n) is 3.77. The van der Waals surface area contributed by atoms with Crippen molar-refractivity contribution in [2.24, 2.45) is 0 Å². The molecule has 0 radical (unpaired) electrons. The molecule has 0 fully saturated rings. The zero-order chi connectivity index (χ0) is 14.4. The highest BCUT2D eigenvalue weighted by atomic mass is 31.2. The molecule has 1 rings (SSSR count). The van der Waals surface area contributed by atoms with Crippen LogP contribution in [0.3, 0.4) is 0 Å². The molecule has 11 heteroatoms. The standard InChI is InChI=1S/C7H13NO8P2/c1-4-6(8-5(2)16-4)3-7(9,17(10,11)12)18(13,14)15/h9H,3H2,1-2H3,(H2,10,11,12)(H2,13,14,15). The van der Waals surface area contributed by atoms with Gasteiger partial charge in [0.2, 0.25) is 0 Å². The van der Waals surface area contributed by atoms with Crippen LogP contribution in [-0.4, -0.2) is 34.7 Å². The lowest BCUT2D eigenvalue weighted by Gasteiger charge is -2.28. The van der Waals surface area contributed by atoms with Gasteiger partial charge in [-0.15, -0.1) is 0 Å². The summed E-state index contributed by atoms with van der Waals surface area (Å²) in [6.45, 7) is 2.85. The van der Waals surface area contributed by atoms with E-state index in [1.54, 1.807) is 0 Å². The molecule has 9 nitrogen and oxygen atoms in total. The Morgan fingerprint density at radius 3 is 1.89 bits per heavy atom. The van der Waals surface area contributed by atoms with Gasteiger partial charge in [0.1, 0.15) is 5.76 Å². The van der Waals surface area contributed by atoms with Crippen molar-refractivity contribution >= 4 is 15.2 Å². The number of hydrogen-bond donors (Lipinski definition) is 5. The van der Waals surface area contributed by atoms with Gasteiger partial charge in [-0.3, -0.25) is 9.13 Å². The Hall–Kier alpha value is -0.530. The SMILES string of the molecule is Cc1nc(CC(O)(P(=O)(O)O)P(=O)(O)O)c(C)o1. The van der Waals surface area contributed by atoms with E-state index >= 15 is 0 Å². The molecule has 18 heavy (non-hydrogen) atoms. The van der Waals surface area contributed by atoms with Crippen molar-refractivity contribution in [3.05, 3.63) is 17.3 Å². The van der Waals surface area contributed by atoms with E-state index in [-0.39, 0.29) is 17.3 Å². The Bertz CT molecular complexity index is 518. The second-order valence-corrected chi connectivity index (χ2v) is 7.78. The molecular formula is C7H13NO8P2. The first-order chi connectivity index (χ1) is 7.88. The maximum absolute atomic E-state index is 11.1. The second kappa shape index (κ2) is 4.54. The minimum Gasteiger partial charge on any atom is -0.446 e. The summed E-state index contributed by atoms with van der Waals surface area (Å²) in [5.41, 5.74) is -0.123. The van der Waals surface area contributed by atoms with Gasteiger partial charge in [-0.1, -0.05) is 0 Å². The number of aliphatic hydroxyl groups is 1. The van der Waals surface area contributed by atoms with Crippen molar-refractivity contribution in [3.8, 4) is 0 Å².